The minimum Gasteiger partial charge on any atom is -0.229 e. The second-order valence-electron chi connectivity index (χ2n) is 5.40. The molecule has 0 aromatic heterocycles. The topological polar surface area (TPSA) is 34.1 Å². The number of hydrogen-bond acceptors (Lipinski definition) is 2. The number of alkyl halides is 1. The minimum atomic E-state index is -2.86. The van der Waals surface area contributed by atoms with Gasteiger partial charge in [-0.05, 0) is 51.4 Å². The highest BCUT2D eigenvalue weighted by Crippen LogP contribution is 2.35. The third kappa shape index (κ3) is 4.02. The number of halogens is 1. The molecule has 0 radical (unpaired) electrons. The summed E-state index contributed by atoms with van der Waals surface area (Å²) in [7, 11) is -2.86. The maximum atomic E-state index is 11.7. The van der Waals surface area contributed by atoms with E-state index in [1.165, 1.54) is 19.3 Å². The Hall–Kier alpha value is 0.430. The summed E-state index contributed by atoms with van der Waals surface area (Å²) in [4.78, 5) is 0.520. The summed E-state index contributed by atoms with van der Waals surface area (Å²) < 4.78 is 23.5. The van der Waals surface area contributed by atoms with Gasteiger partial charge in [0.1, 0.15) is 0 Å². The van der Waals surface area contributed by atoms with E-state index in [0.29, 0.717) is 16.5 Å². The molecule has 0 N–H and O–H groups in total. The quantitative estimate of drug-likeness (QED) is 0.746. The van der Waals surface area contributed by atoms with Gasteiger partial charge in [-0.2, -0.15) is 0 Å². The molecule has 1 aliphatic carbocycles. The molecule has 3 unspecified atom stereocenters. The SMILES string of the molecule is CC1CCC(Br)C(CCS(=O)(=O)C(C)C)C1. The van der Waals surface area contributed by atoms with E-state index in [0.717, 1.165) is 12.3 Å². The lowest BCUT2D eigenvalue weighted by atomic mass is 9.81. The highest BCUT2D eigenvalue weighted by atomic mass is 79.9. The summed E-state index contributed by atoms with van der Waals surface area (Å²) in [5, 5.41) is -0.234. The summed E-state index contributed by atoms with van der Waals surface area (Å²) in [6, 6.07) is 0. The molecule has 3 atom stereocenters. The zero-order valence-corrected chi connectivity index (χ0v) is 12.9. The van der Waals surface area contributed by atoms with E-state index in [4.69, 9.17) is 0 Å². The fraction of sp³-hybridized carbons (Fsp3) is 1.00. The molecule has 1 aliphatic rings. The van der Waals surface area contributed by atoms with Crippen molar-refractivity contribution in [2.24, 2.45) is 11.8 Å². The number of sulfone groups is 1. The van der Waals surface area contributed by atoms with E-state index < -0.39 is 9.84 Å². The predicted octanol–water partition coefficient (Wildman–Crippen LogP) is 3.40. The van der Waals surface area contributed by atoms with Gasteiger partial charge in [-0.3, -0.25) is 0 Å². The van der Waals surface area contributed by atoms with Crippen molar-refractivity contribution in [1.82, 2.24) is 0 Å². The number of hydrogen-bond donors (Lipinski definition) is 0. The van der Waals surface area contributed by atoms with Crippen LogP contribution >= 0.6 is 15.9 Å². The first kappa shape index (κ1) is 14.5. The molecular weight excluding hydrogens is 288 g/mol. The van der Waals surface area contributed by atoms with Crippen LogP contribution < -0.4 is 0 Å². The third-order valence-corrected chi connectivity index (χ3v) is 7.09. The zero-order chi connectivity index (χ0) is 12.3. The van der Waals surface area contributed by atoms with Gasteiger partial charge >= 0.3 is 0 Å². The van der Waals surface area contributed by atoms with Crippen molar-refractivity contribution in [3.63, 3.8) is 0 Å². The fourth-order valence-corrected chi connectivity index (χ4v) is 4.16. The normalized spacial score (nSPS) is 31.9. The maximum Gasteiger partial charge on any atom is 0.152 e. The van der Waals surface area contributed by atoms with Crippen molar-refractivity contribution >= 4 is 25.8 Å². The largest absolute Gasteiger partial charge is 0.229 e. The molecule has 16 heavy (non-hydrogen) atoms. The molecule has 2 nitrogen and oxygen atoms in total. The molecule has 0 aromatic rings. The van der Waals surface area contributed by atoms with Gasteiger partial charge in [0.05, 0.1) is 11.0 Å². The molecule has 1 saturated carbocycles. The molecule has 0 heterocycles. The van der Waals surface area contributed by atoms with Crippen LogP contribution in [0.25, 0.3) is 0 Å². The van der Waals surface area contributed by atoms with Gasteiger partial charge in [-0.1, -0.05) is 22.9 Å². The molecule has 0 aliphatic heterocycles. The zero-order valence-electron chi connectivity index (χ0n) is 10.4. The van der Waals surface area contributed by atoms with Crippen molar-refractivity contribution in [2.45, 2.75) is 56.5 Å². The molecule has 1 rings (SSSR count). The molecule has 0 aromatic carbocycles. The van der Waals surface area contributed by atoms with Crippen molar-refractivity contribution in [3.05, 3.63) is 0 Å². The van der Waals surface area contributed by atoms with Crippen molar-refractivity contribution in [1.29, 1.82) is 0 Å². The summed E-state index contributed by atoms with van der Waals surface area (Å²) >= 11 is 3.69. The van der Waals surface area contributed by atoms with E-state index in [1.807, 2.05) is 0 Å². The molecule has 4 heteroatoms. The van der Waals surface area contributed by atoms with E-state index in [2.05, 4.69) is 22.9 Å². The van der Waals surface area contributed by atoms with Gasteiger partial charge in [0.25, 0.3) is 0 Å². The summed E-state index contributed by atoms with van der Waals surface area (Å²) in [5.74, 6) is 1.64. The average Bonchev–Trinajstić information content (AvgIpc) is 2.19. The standard InChI is InChI=1S/C12H23BrO2S/c1-9(2)16(14,15)7-6-11-8-10(3)4-5-12(11)13/h9-12H,4-8H2,1-3H3. The second-order valence-corrected chi connectivity index (χ2v) is 9.25. The van der Waals surface area contributed by atoms with Crippen molar-refractivity contribution in [2.75, 3.05) is 5.75 Å². The third-order valence-electron chi connectivity index (χ3n) is 3.64. The highest BCUT2D eigenvalue weighted by molar-refractivity contribution is 9.09. The molecule has 0 amide bonds. The summed E-state index contributed by atoms with van der Waals surface area (Å²) in [6.45, 7) is 5.80. The van der Waals surface area contributed by atoms with Crippen molar-refractivity contribution < 1.29 is 8.42 Å². The lowest BCUT2D eigenvalue weighted by Crippen LogP contribution is -2.27. The van der Waals surface area contributed by atoms with Gasteiger partial charge < -0.3 is 0 Å². The molecule has 0 spiro atoms. The highest BCUT2D eigenvalue weighted by Gasteiger charge is 2.28. The van der Waals surface area contributed by atoms with Gasteiger partial charge in [0.2, 0.25) is 0 Å². The molecule has 0 bridgehead atoms. The van der Waals surface area contributed by atoms with Crippen LogP contribution in [0.3, 0.4) is 0 Å². The van der Waals surface area contributed by atoms with E-state index >= 15 is 0 Å². The van der Waals surface area contributed by atoms with Crippen LogP contribution in [0, 0.1) is 11.8 Å². The minimum absolute atomic E-state index is 0.234. The second kappa shape index (κ2) is 5.85. The fourth-order valence-electron chi connectivity index (χ4n) is 2.31. The first-order valence-corrected chi connectivity index (χ1v) is 8.81. The average molecular weight is 311 g/mol. The Morgan fingerprint density at radius 1 is 1.31 bits per heavy atom. The van der Waals surface area contributed by atoms with Crippen LogP contribution in [0.4, 0.5) is 0 Å². The first-order valence-electron chi connectivity index (χ1n) is 6.18. The maximum absolute atomic E-state index is 11.7. The van der Waals surface area contributed by atoms with Crippen LogP contribution in [0.1, 0.15) is 46.5 Å². The van der Waals surface area contributed by atoms with Crippen molar-refractivity contribution in [3.8, 4) is 0 Å². The van der Waals surface area contributed by atoms with E-state index in [-0.39, 0.29) is 5.25 Å². The van der Waals surface area contributed by atoms with Crippen LogP contribution in [0.2, 0.25) is 0 Å². The summed E-state index contributed by atoms with van der Waals surface area (Å²) in [6.07, 6.45) is 4.45. The van der Waals surface area contributed by atoms with Gasteiger partial charge in [0, 0.05) is 4.83 Å². The van der Waals surface area contributed by atoms with Crippen LogP contribution in [-0.4, -0.2) is 24.2 Å². The molecule has 96 valence electrons. The number of rotatable bonds is 4. The Morgan fingerprint density at radius 2 is 1.94 bits per heavy atom. The Bertz CT molecular complexity index is 311. The molecule has 0 saturated heterocycles. The Kier molecular flexibility index (Phi) is 5.30. The van der Waals surface area contributed by atoms with E-state index in [1.54, 1.807) is 13.8 Å². The first-order chi connectivity index (χ1) is 7.33. The van der Waals surface area contributed by atoms with Gasteiger partial charge in [-0.15, -0.1) is 0 Å². The smallest absolute Gasteiger partial charge is 0.152 e. The lowest BCUT2D eigenvalue weighted by Gasteiger charge is -2.31. The summed E-state index contributed by atoms with van der Waals surface area (Å²) in [5.41, 5.74) is 0. The lowest BCUT2D eigenvalue weighted by molar-refractivity contribution is 0.289. The Labute approximate surface area is 108 Å². The Balaban J connectivity index is 2.48. The van der Waals surface area contributed by atoms with Crippen LogP contribution in [0.5, 0.6) is 0 Å². The predicted molar refractivity (Wildman–Crippen MR) is 72.8 cm³/mol. The van der Waals surface area contributed by atoms with Crippen LogP contribution in [-0.2, 0) is 9.84 Å². The van der Waals surface area contributed by atoms with Gasteiger partial charge in [-0.25, -0.2) is 8.42 Å². The Morgan fingerprint density at radius 3 is 2.50 bits per heavy atom. The monoisotopic (exact) mass is 310 g/mol. The molecule has 1 fully saturated rings. The van der Waals surface area contributed by atoms with E-state index in [9.17, 15) is 8.42 Å². The van der Waals surface area contributed by atoms with Crippen LogP contribution in [0.15, 0.2) is 0 Å². The van der Waals surface area contributed by atoms with Gasteiger partial charge in [0.15, 0.2) is 9.84 Å². The molecular formula is C12H23BrO2S.